The third-order valence-electron chi connectivity index (χ3n) is 11.5. The lowest BCUT2D eigenvalue weighted by atomic mass is 9.93. The number of aryl methyl sites for hydroxylation is 8. The van der Waals surface area contributed by atoms with Gasteiger partial charge in [-0.3, -0.25) is 0 Å². The molecule has 3 heteroatoms. The van der Waals surface area contributed by atoms with Crippen molar-refractivity contribution in [3.63, 3.8) is 0 Å². The van der Waals surface area contributed by atoms with E-state index >= 15 is 4.57 Å². The van der Waals surface area contributed by atoms with Crippen LogP contribution in [0.2, 0.25) is 0 Å². The van der Waals surface area contributed by atoms with Crippen LogP contribution in [0.4, 0.5) is 0 Å². The third-order valence-corrected chi connectivity index (χ3v) is 18.4. The minimum Gasteiger partial charge on any atom is -0.309 e. The van der Waals surface area contributed by atoms with Crippen molar-refractivity contribution in [2.75, 3.05) is 0 Å². The summed E-state index contributed by atoms with van der Waals surface area (Å²) in [6.45, 7) is 17.6. The minimum absolute atomic E-state index is 0.900. The van der Waals surface area contributed by atoms with Gasteiger partial charge in [-0.2, -0.15) is 0 Å². The molecule has 0 bridgehead atoms. The van der Waals surface area contributed by atoms with E-state index in [9.17, 15) is 0 Å². The Morgan fingerprint density at radius 2 is 0.727 bits per heavy atom. The van der Waals surface area contributed by atoms with Crippen LogP contribution in [-0.4, -0.2) is 0 Å². The third kappa shape index (κ3) is 6.10. The molecule has 0 saturated heterocycles. The van der Waals surface area contributed by atoms with Crippen molar-refractivity contribution in [1.29, 1.82) is 0 Å². The fourth-order valence-electron chi connectivity index (χ4n) is 9.12. The Hall–Kier alpha value is -5.06. The molecule has 0 saturated carbocycles. The Morgan fingerprint density at radius 3 is 1.16 bits per heavy atom. The van der Waals surface area contributed by atoms with E-state index in [1.165, 1.54) is 54.5 Å². The summed E-state index contributed by atoms with van der Waals surface area (Å²) in [5, 5.41) is 11.5. The molecule has 0 aliphatic heterocycles. The van der Waals surface area contributed by atoms with E-state index in [2.05, 4.69) is 201 Å². The van der Waals surface area contributed by atoms with E-state index < -0.39 is 15.1 Å². The molecule has 1 nitrogen and oxygen atoms in total. The fourth-order valence-corrected chi connectivity index (χ4v) is 16.0. The summed E-state index contributed by atoms with van der Waals surface area (Å²) >= 11 is 0. The molecule has 0 radical (unpaired) electrons. The average Bonchev–Trinajstić information content (AvgIpc) is 3.16. The largest absolute Gasteiger partial charge is 0.309 e. The van der Waals surface area contributed by atoms with Crippen molar-refractivity contribution >= 4 is 68.4 Å². The number of benzene rings is 8. The van der Waals surface area contributed by atoms with Gasteiger partial charge in [0.2, 0.25) is 0 Å². The summed E-state index contributed by atoms with van der Waals surface area (Å²) in [7, 11) is -4.61. The van der Waals surface area contributed by atoms with Crippen LogP contribution in [0.15, 0.2) is 146 Å². The zero-order valence-electron chi connectivity index (χ0n) is 33.2. The lowest BCUT2D eigenvalue weighted by molar-refractivity contribution is 0.592. The average molecular weight is 751 g/mol. The van der Waals surface area contributed by atoms with Gasteiger partial charge in [0.05, 0.1) is 0 Å². The summed E-state index contributed by atoms with van der Waals surface area (Å²) in [5.74, 6) is 0. The highest BCUT2D eigenvalue weighted by molar-refractivity contribution is 7.86. The molecule has 8 rings (SSSR count). The van der Waals surface area contributed by atoms with Crippen molar-refractivity contribution in [2.24, 2.45) is 0 Å². The quantitative estimate of drug-likeness (QED) is 0.148. The molecule has 55 heavy (non-hydrogen) atoms. The Balaban J connectivity index is 1.64. The predicted octanol–water partition coefficient (Wildman–Crippen LogP) is 11.5. The molecule has 0 aliphatic carbocycles. The van der Waals surface area contributed by atoms with E-state index in [-0.39, 0.29) is 0 Å². The van der Waals surface area contributed by atoms with E-state index in [1.54, 1.807) is 0 Å². The van der Waals surface area contributed by atoms with E-state index in [0.29, 0.717) is 0 Å². The van der Waals surface area contributed by atoms with Gasteiger partial charge in [0.1, 0.15) is 0 Å². The summed E-state index contributed by atoms with van der Waals surface area (Å²) in [4.78, 5) is 0. The maximum absolute atomic E-state index is 17.3. The van der Waals surface area contributed by atoms with E-state index in [4.69, 9.17) is 0 Å². The van der Waals surface area contributed by atoms with Crippen LogP contribution >= 0.6 is 15.1 Å². The highest BCUT2D eigenvalue weighted by Gasteiger charge is 2.39. The number of hydrogen-bond acceptors (Lipinski definition) is 1. The number of fused-ring (bicyclic) bond motifs is 2. The van der Waals surface area contributed by atoms with Crippen LogP contribution < -0.4 is 31.8 Å². The second-order valence-corrected chi connectivity index (χ2v) is 19.9. The van der Waals surface area contributed by atoms with Gasteiger partial charge in [0.15, 0.2) is 7.14 Å². The normalized spacial score (nSPS) is 11.9. The molecule has 8 aromatic carbocycles. The molecule has 0 fully saturated rings. The van der Waals surface area contributed by atoms with Gasteiger partial charge in [-0.15, -0.1) is 0 Å². The van der Waals surface area contributed by atoms with Crippen molar-refractivity contribution in [3.05, 3.63) is 190 Å². The molecular formula is C52H48OP2. The maximum atomic E-state index is 17.3. The van der Waals surface area contributed by atoms with Crippen LogP contribution in [0.5, 0.6) is 0 Å². The second kappa shape index (κ2) is 14.5. The first-order valence-electron chi connectivity index (χ1n) is 19.2. The second-order valence-electron chi connectivity index (χ2n) is 15.3. The van der Waals surface area contributed by atoms with Gasteiger partial charge < -0.3 is 4.57 Å². The molecule has 0 aromatic heterocycles. The molecule has 0 N–H and O–H groups in total. The molecule has 0 amide bonds. The fraction of sp³-hybridized carbons (Fsp3) is 0.154. The minimum atomic E-state index is -3.54. The topological polar surface area (TPSA) is 17.1 Å². The van der Waals surface area contributed by atoms with Gasteiger partial charge in [-0.25, -0.2) is 0 Å². The van der Waals surface area contributed by atoms with Crippen LogP contribution in [0.1, 0.15) is 44.5 Å². The first-order valence-corrected chi connectivity index (χ1v) is 22.3. The molecule has 0 atom stereocenters. The molecule has 8 aromatic rings. The van der Waals surface area contributed by atoms with Crippen molar-refractivity contribution in [1.82, 2.24) is 0 Å². The van der Waals surface area contributed by atoms with Crippen LogP contribution in [-0.2, 0) is 4.57 Å². The molecule has 0 spiro atoms. The Kier molecular flexibility index (Phi) is 9.76. The van der Waals surface area contributed by atoms with Crippen LogP contribution in [0.3, 0.4) is 0 Å². The Labute approximate surface area is 328 Å². The lowest BCUT2D eigenvalue weighted by Crippen LogP contribution is -2.33. The first kappa shape index (κ1) is 36.9. The van der Waals surface area contributed by atoms with Crippen LogP contribution in [0, 0.1) is 55.4 Å². The van der Waals surface area contributed by atoms with Crippen molar-refractivity contribution in [2.45, 2.75) is 55.4 Å². The molecule has 272 valence electrons. The summed E-state index contributed by atoms with van der Waals surface area (Å²) in [5.41, 5.74) is 11.6. The monoisotopic (exact) mass is 750 g/mol. The van der Waals surface area contributed by atoms with Crippen molar-refractivity contribution < 1.29 is 4.57 Å². The number of hydrogen-bond donors (Lipinski definition) is 0. The predicted molar refractivity (Wildman–Crippen MR) is 243 cm³/mol. The van der Waals surface area contributed by atoms with Crippen LogP contribution in [0.25, 0.3) is 32.7 Å². The van der Waals surface area contributed by atoms with Gasteiger partial charge in [0, 0.05) is 21.5 Å². The molecule has 0 aliphatic rings. The van der Waals surface area contributed by atoms with E-state index in [1.807, 2.05) is 0 Å². The van der Waals surface area contributed by atoms with Crippen molar-refractivity contribution in [3.8, 4) is 11.1 Å². The zero-order chi connectivity index (χ0) is 38.6. The maximum Gasteiger partial charge on any atom is 0.172 e. The highest BCUT2D eigenvalue weighted by Crippen LogP contribution is 2.52. The Bertz CT molecular complexity index is 2660. The SMILES string of the molecule is Cc1cccc(C)c1P(c1ccc2ccccc2c1-c1c(P(=O)(c2c(C)cccc2C)c2c(C)cccc2C)ccc2ccccc12)c1c(C)cccc1C. The van der Waals surface area contributed by atoms with Gasteiger partial charge in [-0.05, 0) is 157 Å². The first-order chi connectivity index (χ1) is 26.5. The Morgan fingerprint density at radius 1 is 0.364 bits per heavy atom. The summed E-state index contributed by atoms with van der Waals surface area (Å²) < 4.78 is 17.3. The number of rotatable bonds is 7. The van der Waals surface area contributed by atoms with Gasteiger partial charge in [-0.1, -0.05) is 140 Å². The van der Waals surface area contributed by atoms with E-state index in [0.717, 1.165) is 54.5 Å². The summed E-state index contributed by atoms with van der Waals surface area (Å²) in [6.07, 6.45) is 0. The van der Waals surface area contributed by atoms with Gasteiger partial charge >= 0.3 is 0 Å². The van der Waals surface area contributed by atoms with Gasteiger partial charge in [0.25, 0.3) is 0 Å². The summed E-state index contributed by atoms with van der Waals surface area (Å²) in [6, 6.07) is 52.8. The molecular weight excluding hydrogens is 703 g/mol. The molecule has 0 unspecified atom stereocenters. The molecule has 0 heterocycles. The lowest BCUT2D eigenvalue weighted by Gasteiger charge is -2.32. The highest BCUT2D eigenvalue weighted by atomic mass is 31.2. The standard InChI is InChI=1S/C52H48OP2/c1-33-17-13-18-34(2)49(33)54(50-35(3)19-14-20-36(50)4)45-31-29-41-25-9-11-27-43(41)47(45)48-44-28-12-10-26-42(44)30-32-46(48)55(53,51-37(5)21-15-22-38(51)6)52-39(7)23-16-24-40(52)8/h9-32H,1-8H3. The zero-order valence-corrected chi connectivity index (χ0v) is 34.9. The smallest absolute Gasteiger partial charge is 0.172 e.